The molecule has 0 saturated heterocycles. The number of fused-ring (bicyclic) bond motifs is 3. The Bertz CT molecular complexity index is 853. The van der Waals surface area contributed by atoms with Gasteiger partial charge in [0.1, 0.15) is 11.3 Å². The van der Waals surface area contributed by atoms with Crippen molar-refractivity contribution in [2.24, 2.45) is 7.05 Å². The van der Waals surface area contributed by atoms with Crippen molar-refractivity contribution >= 4 is 22.2 Å². The van der Waals surface area contributed by atoms with E-state index in [0.717, 1.165) is 11.3 Å². The van der Waals surface area contributed by atoms with Gasteiger partial charge >= 0.3 is 11.3 Å². The molecule has 0 atom stereocenters. The third-order valence-electron chi connectivity index (χ3n) is 2.76. The normalized spacial score (nSPS) is 11.4. The summed E-state index contributed by atoms with van der Waals surface area (Å²) in [4.78, 5) is 26.5. The van der Waals surface area contributed by atoms with Gasteiger partial charge in [-0.05, 0) is 19.1 Å². The Kier molecular flexibility index (Phi) is 1.77. The lowest BCUT2D eigenvalue weighted by molar-refractivity contribution is 0.450. The zero-order valence-electron chi connectivity index (χ0n) is 9.18. The van der Waals surface area contributed by atoms with E-state index in [1.54, 1.807) is 12.1 Å². The van der Waals surface area contributed by atoms with Crippen molar-refractivity contribution in [3.05, 3.63) is 38.8 Å². The molecule has 0 saturated carbocycles. The number of aromatic nitrogens is 2. The van der Waals surface area contributed by atoms with Gasteiger partial charge in [-0.2, -0.15) is 0 Å². The molecule has 0 spiro atoms. The van der Waals surface area contributed by atoms with Gasteiger partial charge in [-0.15, -0.1) is 0 Å². The summed E-state index contributed by atoms with van der Waals surface area (Å²) in [6.45, 7) is 1.84. The lowest BCUT2D eigenvalue weighted by atomic mass is 10.3. The fourth-order valence-corrected chi connectivity index (χ4v) is 1.79. The molecule has 0 aliphatic rings. The average molecular weight is 232 g/mol. The highest BCUT2D eigenvalue weighted by molar-refractivity contribution is 5.98. The summed E-state index contributed by atoms with van der Waals surface area (Å²) in [7, 11) is 1.85. The molecule has 0 aliphatic carbocycles. The Morgan fingerprint density at radius 3 is 2.65 bits per heavy atom. The number of hydrogen-bond donors (Lipinski definition) is 0. The molecule has 0 radical (unpaired) electrons. The Morgan fingerprint density at radius 1 is 1.18 bits per heavy atom. The number of nitrogens with zero attached hydrogens (tertiary/aromatic N) is 2. The first-order valence-corrected chi connectivity index (χ1v) is 4.98. The van der Waals surface area contributed by atoms with Gasteiger partial charge in [-0.3, -0.25) is 0 Å². The molecule has 0 aliphatic heterocycles. The van der Waals surface area contributed by atoms with Crippen molar-refractivity contribution in [2.45, 2.75) is 6.92 Å². The predicted molar refractivity (Wildman–Crippen MR) is 60.0 cm³/mol. The minimum Gasteiger partial charge on any atom is -0.414 e. The second-order valence-corrected chi connectivity index (χ2v) is 3.76. The van der Waals surface area contributed by atoms with Gasteiger partial charge in [-0.1, -0.05) is 0 Å². The van der Waals surface area contributed by atoms with Crippen LogP contribution in [0.25, 0.3) is 22.2 Å². The molecule has 0 unspecified atom stereocenters. The number of hydrogen-bond acceptors (Lipinski definition) is 5. The molecule has 0 N–H and O–H groups in total. The molecule has 1 aromatic carbocycles. The van der Waals surface area contributed by atoms with Gasteiger partial charge in [0.05, 0.1) is 5.52 Å². The minimum absolute atomic E-state index is 0.204. The Labute approximate surface area is 94.1 Å². The monoisotopic (exact) mass is 232 g/mol. The standard InChI is InChI=1S/C11H8N2O4/c1-5-12-8-6(13(5)2)3-4-7-9(8)17-11(15)10(14)16-7/h3-4H,1-2H3. The maximum absolute atomic E-state index is 11.2. The van der Waals surface area contributed by atoms with Crippen LogP contribution >= 0.6 is 0 Å². The topological polar surface area (TPSA) is 78.2 Å². The van der Waals surface area contributed by atoms with Crippen molar-refractivity contribution < 1.29 is 8.83 Å². The highest BCUT2D eigenvalue weighted by atomic mass is 16.5. The molecule has 0 bridgehead atoms. The van der Waals surface area contributed by atoms with Gasteiger partial charge in [-0.25, -0.2) is 14.6 Å². The molecule has 6 nitrogen and oxygen atoms in total. The maximum atomic E-state index is 11.2. The summed E-state index contributed by atoms with van der Waals surface area (Å²) in [6.07, 6.45) is 0. The molecule has 0 fully saturated rings. The Morgan fingerprint density at radius 2 is 1.88 bits per heavy atom. The second-order valence-electron chi connectivity index (χ2n) is 3.76. The van der Waals surface area contributed by atoms with Crippen molar-refractivity contribution in [2.75, 3.05) is 0 Å². The Balaban J connectivity index is 2.64. The second kappa shape index (κ2) is 3.07. The van der Waals surface area contributed by atoms with Gasteiger partial charge < -0.3 is 13.4 Å². The van der Waals surface area contributed by atoms with Crippen molar-refractivity contribution in [3.63, 3.8) is 0 Å². The van der Waals surface area contributed by atoms with Gasteiger partial charge in [0, 0.05) is 7.05 Å². The third kappa shape index (κ3) is 1.24. The fraction of sp³-hybridized carbons (Fsp3) is 0.182. The third-order valence-corrected chi connectivity index (χ3v) is 2.76. The molecule has 3 aromatic rings. The molecule has 6 heteroatoms. The molecule has 86 valence electrons. The van der Waals surface area contributed by atoms with Crippen LogP contribution in [-0.4, -0.2) is 9.55 Å². The summed E-state index contributed by atoms with van der Waals surface area (Å²) in [5.41, 5.74) is -0.274. The minimum atomic E-state index is -1.02. The van der Waals surface area contributed by atoms with E-state index in [9.17, 15) is 9.59 Å². The van der Waals surface area contributed by atoms with Gasteiger partial charge in [0.2, 0.25) is 5.58 Å². The highest BCUT2D eigenvalue weighted by Crippen LogP contribution is 2.23. The van der Waals surface area contributed by atoms with E-state index in [2.05, 4.69) is 4.98 Å². The Hall–Kier alpha value is -2.37. The van der Waals surface area contributed by atoms with Crippen LogP contribution in [0.4, 0.5) is 0 Å². The number of aryl methyl sites for hydroxylation is 2. The molecule has 2 aromatic heterocycles. The van der Waals surface area contributed by atoms with Crippen LogP contribution in [-0.2, 0) is 7.05 Å². The van der Waals surface area contributed by atoms with Crippen LogP contribution in [0, 0.1) is 6.92 Å². The number of imidazole rings is 1. The summed E-state index contributed by atoms with van der Waals surface area (Å²) in [5, 5.41) is 0. The first-order chi connectivity index (χ1) is 8.08. The van der Waals surface area contributed by atoms with Crippen LogP contribution in [0.5, 0.6) is 0 Å². The molecule has 3 rings (SSSR count). The van der Waals surface area contributed by atoms with E-state index < -0.39 is 11.3 Å². The summed E-state index contributed by atoms with van der Waals surface area (Å²) in [6, 6.07) is 3.35. The number of benzene rings is 1. The smallest absolute Gasteiger partial charge is 0.414 e. The summed E-state index contributed by atoms with van der Waals surface area (Å²) < 4.78 is 11.6. The van der Waals surface area contributed by atoms with E-state index in [-0.39, 0.29) is 11.2 Å². The molecule has 2 heterocycles. The highest BCUT2D eigenvalue weighted by Gasteiger charge is 2.13. The van der Waals surface area contributed by atoms with E-state index in [1.165, 1.54) is 0 Å². The van der Waals surface area contributed by atoms with E-state index in [1.807, 2.05) is 18.5 Å². The van der Waals surface area contributed by atoms with E-state index in [0.29, 0.717) is 5.52 Å². The van der Waals surface area contributed by atoms with Crippen LogP contribution < -0.4 is 11.3 Å². The maximum Gasteiger partial charge on any atom is 0.423 e. The van der Waals surface area contributed by atoms with Gasteiger partial charge in [0.25, 0.3) is 0 Å². The molecule has 17 heavy (non-hydrogen) atoms. The number of rotatable bonds is 0. The van der Waals surface area contributed by atoms with Gasteiger partial charge in [0.15, 0.2) is 5.58 Å². The zero-order chi connectivity index (χ0) is 12.2. The quantitative estimate of drug-likeness (QED) is 0.539. The first-order valence-electron chi connectivity index (χ1n) is 4.98. The van der Waals surface area contributed by atoms with Crippen molar-refractivity contribution in [1.82, 2.24) is 9.55 Å². The zero-order valence-corrected chi connectivity index (χ0v) is 9.18. The lowest BCUT2D eigenvalue weighted by Crippen LogP contribution is -2.20. The van der Waals surface area contributed by atoms with Crippen LogP contribution in [0.2, 0.25) is 0 Å². The lowest BCUT2D eigenvalue weighted by Gasteiger charge is -1.97. The fourth-order valence-electron chi connectivity index (χ4n) is 1.79. The molecule has 0 amide bonds. The van der Waals surface area contributed by atoms with Crippen molar-refractivity contribution in [3.8, 4) is 0 Å². The summed E-state index contributed by atoms with van der Waals surface area (Å²) in [5.74, 6) is 0.779. The first kappa shape index (κ1) is 9.83. The van der Waals surface area contributed by atoms with E-state index in [4.69, 9.17) is 8.83 Å². The molecular formula is C11H8N2O4. The molecular weight excluding hydrogens is 224 g/mol. The average Bonchev–Trinajstić information content (AvgIpc) is 2.58. The van der Waals surface area contributed by atoms with Crippen molar-refractivity contribution in [1.29, 1.82) is 0 Å². The largest absolute Gasteiger partial charge is 0.423 e. The summed E-state index contributed by atoms with van der Waals surface area (Å²) >= 11 is 0. The SMILES string of the molecule is Cc1nc2c3oc(=O)c(=O)oc3ccc2n1C. The predicted octanol–water partition coefficient (Wildman–Crippen LogP) is 0.941. The van der Waals surface area contributed by atoms with Crippen LogP contribution in [0.3, 0.4) is 0 Å². The van der Waals surface area contributed by atoms with Crippen LogP contribution in [0.1, 0.15) is 5.82 Å². The van der Waals surface area contributed by atoms with Crippen LogP contribution in [0.15, 0.2) is 30.6 Å². The van der Waals surface area contributed by atoms with E-state index >= 15 is 0 Å².